The molecule has 0 aliphatic rings. The molecule has 2 aromatic rings. The summed E-state index contributed by atoms with van der Waals surface area (Å²) in [4.78, 5) is 14.4. The smallest absolute Gasteiger partial charge is 0.356 e. The Morgan fingerprint density at radius 2 is 2.18 bits per heavy atom. The van der Waals surface area contributed by atoms with E-state index in [-0.39, 0.29) is 5.69 Å². The van der Waals surface area contributed by atoms with Gasteiger partial charge >= 0.3 is 5.97 Å². The molecule has 1 heterocycles. The monoisotopic (exact) mass is 270 g/mol. The highest BCUT2D eigenvalue weighted by molar-refractivity contribution is 6.33. The van der Waals surface area contributed by atoms with Crippen molar-refractivity contribution in [3.63, 3.8) is 0 Å². The van der Waals surface area contributed by atoms with Crippen LogP contribution in [0.15, 0.2) is 30.7 Å². The molecule has 0 saturated heterocycles. The first-order chi connectivity index (χ1) is 8.06. The molecule has 0 saturated carbocycles. The molecule has 0 radical (unpaired) electrons. The van der Waals surface area contributed by atoms with E-state index in [1.165, 1.54) is 12.5 Å². The van der Waals surface area contributed by atoms with E-state index in [1.54, 1.807) is 22.8 Å². The highest BCUT2D eigenvalue weighted by Gasteiger charge is 2.08. The lowest BCUT2D eigenvalue weighted by molar-refractivity contribution is 0.0691. The Balaban J connectivity index is 2.25. The van der Waals surface area contributed by atoms with Gasteiger partial charge in [0.1, 0.15) is 0 Å². The number of halogens is 2. The summed E-state index contributed by atoms with van der Waals surface area (Å²) in [6.45, 7) is 0.430. The van der Waals surface area contributed by atoms with Gasteiger partial charge in [0.2, 0.25) is 0 Å². The van der Waals surface area contributed by atoms with Crippen molar-refractivity contribution in [2.75, 3.05) is 0 Å². The SMILES string of the molecule is O=C(O)c1cn(Cc2cc(Cl)ccc2Cl)cn1. The Kier molecular flexibility index (Phi) is 3.36. The molecular weight excluding hydrogens is 263 g/mol. The van der Waals surface area contributed by atoms with E-state index in [0.717, 1.165) is 5.56 Å². The summed E-state index contributed by atoms with van der Waals surface area (Å²) < 4.78 is 1.64. The molecule has 1 N–H and O–H groups in total. The van der Waals surface area contributed by atoms with Crippen LogP contribution in [0.25, 0.3) is 0 Å². The summed E-state index contributed by atoms with van der Waals surface area (Å²) in [6, 6.07) is 5.14. The van der Waals surface area contributed by atoms with E-state index in [0.29, 0.717) is 16.6 Å². The predicted molar refractivity (Wildman–Crippen MR) is 64.8 cm³/mol. The number of carboxylic acid groups (broad SMARTS) is 1. The number of benzene rings is 1. The molecule has 0 amide bonds. The van der Waals surface area contributed by atoms with Gasteiger partial charge in [-0.25, -0.2) is 9.78 Å². The molecule has 1 aromatic heterocycles. The third kappa shape index (κ3) is 2.78. The highest BCUT2D eigenvalue weighted by atomic mass is 35.5. The van der Waals surface area contributed by atoms with Gasteiger partial charge in [-0.3, -0.25) is 0 Å². The van der Waals surface area contributed by atoms with Crippen molar-refractivity contribution in [3.8, 4) is 0 Å². The molecule has 2 rings (SSSR count). The first kappa shape index (κ1) is 12.0. The molecular formula is C11H8Cl2N2O2. The van der Waals surface area contributed by atoms with Crippen LogP contribution in [0.5, 0.6) is 0 Å². The molecule has 0 aliphatic heterocycles. The molecule has 1 aromatic carbocycles. The molecule has 88 valence electrons. The van der Waals surface area contributed by atoms with Crippen molar-refractivity contribution in [2.45, 2.75) is 6.54 Å². The quantitative estimate of drug-likeness (QED) is 0.933. The zero-order valence-electron chi connectivity index (χ0n) is 8.60. The summed E-state index contributed by atoms with van der Waals surface area (Å²) >= 11 is 11.9. The lowest BCUT2D eigenvalue weighted by Crippen LogP contribution is -1.99. The standard InChI is InChI=1S/C11H8Cl2N2O2/c12-8-1-2-9(13)7(3-8)4-15-5-10(11(16)17)14-6-15/h1-3,5-6H,4H2,(H,16,17). The third-order valence-corrected chi connectivity index (χ3v) is 2.82. The van der Waals surface area contributed by atoms with Crippen molar-refractivity contribution in [3.05, 3.63) is 52.0 Å². The van der Waals surface area contributed by atoms with Gasteiger partial charge in [-0.2, -0.15) is 0 Å². The fraction of sp³-hybridized carbons (Fsp3) is 0.0909. The van der Waals surface area contributed by atoms with Gasteiger partial charge in [0, 0.05) is 16.2 Å². The van der Waals surface area contributed by atoms with E-state index in [9.17, 15) is 4.79 Å². The Labute approximate surface area is 107 Å². The van der Waals surface area contributed by atoms with Gasteiger partial charge < -0.3 is 9.67 Å². The van der Waals surface area contributed by atoms with Crippen molar-refractivity contribution < 1.29 is 9.90 Å². The van der Waals surface area contributed by atoms with Crippen molar-refractivity contribution in [1.82, 2.24) is 9.55 Å². The maximum atomic E-state index is 10.7. The second-order valence-corrected chi connectivity index (χ2v) is 4.32. The number of imidazole rings is 1. The van der Waals surface area contributed by atoms with Crippen LogP contribution in [0.3, 0.4) is 0 Å². The second-order valence-electron chi connectivity index (χ2n) is 3.47. The predicted octanol–water partition coefficient (Wildman–Crippen LogP) is 2.94. The van der Waals surface area contributed by atoms with Gasteiger partial charge in [0.05, 0.1) is 12.9 Å². The number of hydrogen-bond acceptors (Lipinski definition) is 2. The average Bonchev–Trinajstić information content (AvgIpc) is 2.72. The molecule has 6 heteroatoms. The molecule has 0 atom stereocenters. The van der Waals surface area contributed by atoms with Gasteiger partial charge in [0.25, 0.3) is 0 Å². The lowest BCUT2D eigenvalue weighted by atomic mass is 10.2. The normalized spacial score (nSPS) is 10.5. The van der Waals surface area contributed by atoms with Crippen LogP contribution in [-0.4, -0.2) is 20.6 Å². The van der Waals surface area contributed by atoms with Crippen molar-refractivity contribution >= 4 is 29.2 Å². The number of carboxylic acids is 1. The molecule has 0 unspecified atom stereocenters. The van der Waals surface area contributed by atoms with E-state index < -0.39 is 5.97 Å². The van der Waals surface area contributed by atoms with Gasteiger partial charge in [0.15, 0.2) is 5.69 Å². The number of carbonyl (C=O) groups is 1. The molecule has 0 aliphatic carbocycles. The fourth-order valence-electron chi connectivity index (χ4n) is 1.42. The van der Waals surface area contributed by atoms with Gasteiger partial charge in [-0.15, -0.1) is 0 Å². The third-order valence-electron chi connectivity index (χ3n) is 2.21. The average molecular weight is 271 g/mol. The largest absolute Gasteiger partial charge is 0.476 e. The first-order valence-electron chi connectivity index (χ1n) is 4.75. The van der Waals surface area contributed by atoms with E-state index in [4.69, 9.17) is 28.3 Å². The van der Waals surface area contributed by atoms with Crippen LogP contribution in [0.2, 0.25) is 10.0 Å². The minimum Gasteiger partial charge on any atom is -0.476 e. The van der Waals surface area contributed by atoms with Gasteiger partial charge in [-0.05, 0) is 23.8 Å². The fourth-order valence-corrected chi connectivity index (χ4v) is 1.79. The number of nitrogens with zero attached hydrogens (tertiary/aromatic N) is 2. The van der Waals surface area contributed by atoms with E-state index >= 15 is 0 Å². The molecule has 0 bridgehead atoms. The first-order valence-corrected chi connectivity index (χ1v) is 5.51. The van der Waals surface area contributed by atoms with Crippen LogP contribution in [0, 0.1) is 0 Å². The minimum absolute atomic E-state index is 0.00292. The summed E-state index contributed by atoms with van der Waals surface area (Å²) in [6.07, 6.45) is 2.89. The lowest BCUT2D eigenvalue weighted by Gasteiger charge is -2.05. The Morgan fingerprint density at radius 1 is 1.41 bits per heavy atom. The number of rotatable bonds is 3. The Bertz CT molecular complexity index is 566. The van der Waals surface area contributed by atoms with Gasteiger partial charge in [-0.1, -0.05) is 23.2 Å². The van der Waals surface area contributed by atoms with Crippen molar-refractivity contribution in [1.29, 1.82) is 0 Å². The van der Waals surface area contributed by atoms with Crippen LogP contribution in [-0.2, 0) is 6.54 Å². The van der Waals surface area contributed by atoms with Crippen LogP contribution >= 0.6 is 23.2 Å². The molecule has 17 heavy (non-hydrogen) atoms. The zero-order valence-corrected chi connectivity index (χ0v) is 10.1. The Morgan fingerprint density at radius 3 is 2.82 bits per heavy atom. The molecule has 4 nitrogen and oxygen atoms in total. The molecule has 0 spiro atoms. The zero-order chi connectivity index (χ0) is 12.4. The number of aromatic carboxylic acids is 1. The summed E-state index contributed by atoms with van der Waals surface area (Å²) in [5, 5.41) is 9.91. The number of aromatic nitrogens is 2. The van der Waals surface area contributed by atoms with Crippen LogP contribution in [0.4, 0.5) is 0 Å². The maximum absolute atomic E-state index is 10.7. The van der Waals surface area contributed by atoms with E-state index in [2.05, 4.69) is 4.98 Å². The summed E-state index contributed by atoms with van der Waals surface area (Å²) in [5.41, 5.74) is 0.816. The molecule has 0 fully saturated rings. The number of hydrogen-bond donors (Lipinski definition) is 1. The topological polar surface area (TPSA) is 55.1 Å². The highest BCUT2D eigenvalue weighted by Crippen LogP contribution is 2.21. The maximum Gasteiger partial charge on any atom is 0.356 e. The second kappa shape index (κ2) is 4.77. The Hall–Kier alpha value is -1.52. The summed E-state index contributed by atoms with van der Waals surface area (Å²) in [5.74, 6) is -1.05. The van der Waals surface area contributed by atoms with E-state index in [1.807, 2.05) is 0 Å². The minimum atomic E-state index is -1.05. The summed E-state index contributed by atoms with van der Waals surface area (Å²) in [7, 11) is 0. The van der Waals surface area contributed by atoms with Crippen LogP contribution in [0.1, 0.15) is 16.1 Å². The van der Waals surface area contributed by atoms with Crippen molar-refractivity contribution in [2.24, 2.45) is 0 Å². The van der Waals surface area contributed by atoms with Crippen LogP contribution < -0.4 is 0 Å².